The highest BCUT2D eigenvalue weighted by Crippen LogP contribution is 2.48. The van der Waals surface area contributed by atoms with Crippen molar-refractivity contribution in [3.63, 3.8) is 0 Å². The molecule has 10 heteroatoms. The number of carbonyl (C=O) groups is 3. The van der Waals surface area contributed by atoms with Crippen molar-refractivity contribution in [3.8, 4) is 6.07 Å². The maximum absolute atomic E-state index is 13.7. The number of benzene rings is 1. The van der Waals surface area contributed by atoms with Crippen molar-refractivity contribution < 1.29 is 23.5 Å². The van der Waals surface area contributed by atoms with Crippen LogP contribution in [0.5, 0.6) is 0 Å². The quantitative estimate of drug-likeness (QED) is 0.629. The minimum atomic E-state index is -0.930. The van der Waals surface area contributed by atoms with Gasteiger partial charge in [-0.05, 0) is 70.6 Å². The Kier molecular flexibility index (Phi) is 6.39. The van der Waals surface area contributed by atoms with Gasteiger partial charge in [0.25, 0.3) is 0 Å². The highest BCUT2D eigenvalue weighted by molar-refractivity contribution is 5.89. The van der Waals surface area contributed by atoms with Gasteiger partial charge in [0.1, 0.15) is 23.5 Å². The van der Waals surface area contributed by atoms with Gasteiger partial charge in [0.2, 0.25) is 11.8 Å². The second kappa shape index (κ2) is 9.28. The van der Waals surface area contributed by atoms with Gasteiger partial charge in [-0.2, -0.15) is 5.26 Å². The summed E-state index contributed by atoms with van der Waals surface area (Å²) in [4.78, 5) is 45.2. The van der Waals surface area contributed by atoms with Crippen LogP contribution in [0.3, 0.4) is 0 Å². The number of piperidine rings is 1. The molecular formula is C27H34FN5O4. The van der Waals surface area contributed by atoms with Crippen LogP contribution in [0.1, 0.15) is 58.6 Å². The number of piperazine rings is 1. The van der Waals surface area contributed by atoms with E-state index in [-0.39, 0.29) is 42.3 Å². The van der Waals surface area contributed by atoms with E-state index < -0.39 is 29.8 Å². The van der Waals surface area contributed by atoms with Crippen molar-refractivity contribution in [1.29, 1.82) is 5.26 Å². The van der Waals surface area contributed by atoms with Gasteiger partial charge >= 0.3 is 6.09 Å². The molecule has 1 aromatic rings. The molecule has 1 aliphatic carbocycles. The SMILES string of the molecule is C[C@@H](c1ccc(F)cc1)N1C(=O)[C@H]2C[C@@H]1CN2C[C@H](NC(=O)OC(C)(C)C)C(=O)N1[C@H](C#N)C[C@@H]2C[C@@H]21. The maximum Gasteiger partial charge on any atom is 0.408 e. The van der Waals surface area contributed by atoms with Crippen LogP contribution in [0.15, 0.2) is 24.3 Å². The van der Waals surface area contributed by atoms with E-state index in [4.69, 9.17) is 4.74 Å². The van der Waals surface area contributed by atoms with Crippen LogP contribution in [0.4, 0.5) is 9.18 Å². The number of fused-ring (bicyclic) bond motifs is 3. The van der Waals surface area contributed by atoms with Gasteiger partial charge in [0, 0.05) is 25.2 Å². The third-order valence-electron chi connectivity index (χ3n) is 8.00. The van der Waals surface area contributed by atoms with E-state index in [1.807, 2.05) is 16.7 Å². The van der Waals surface area contributed by atoms with Crippen LogP contribution < -0.4 is 5.32 Å². The first-order valence-corrected chi connectivity index (χ1v) is 13.0. The van der Waals surface area contributed by atoms with E-state index in [9.17, 15) is 24.0 Å². The van der Waals surface area contributed by atoms with Crippen LogP contribution in [0.25, 0.3) is 0 Å². The van der Waals surface area contributed by atoms with Gasteiger partial charge in [-0.25, -0.2) is 9.18 Å². The Morgan fingerprint density at radius 2 is 1.92 bits per heavy atom. The number of likely N-dealkylation sites (tertiary alicyclic amines) is 3. The Morgan fingerprint density at radius 1 is 1.22 bits per heavy atom. The molecule has 37 heavy (non-hydrogen) atoms. The molecule has 4 aliphatic rings. The predicted octanol–water partition coefficient (Wildman–Crippen LogP) is 2.58. The first-order chi connectivity index (χ1) is 17.5. The number of carbonyl (C=O) groups excluding carboxylic acids is 3. The van der Waals surface area contributed by atoms with E-state index in [1.165, 1.54) is 12.1 Å². The molecule has 9 nitrogen and oxygen atoms in total. The van der Waals surface area contributed by atoms with Gasteiger partial charge in [-0.1, -0.05) is 12.1 Å². The predicted molar refractivity (Wildman–Crippen MR) is 131 cm³/mol. The highest BCUT2D eigenvalue weighted by Gasteiger charge is 2.56. The standard InChI is InChI=1S/C27H34FN5O4/c1-15(16-5-7-18(28)8-6-16)32-20-11-23(25(32)35)31(13-20)14-21(30-26(36)37-27(2,3)4)24(34)33-19(12-29)9-17-10-22(17)33/h5-8,15,17,19-23H,9-11,13-14H2,1-4H3,(H,30,36)/t15-,17+,19-,20+,21-,22-,23+/m0/s1. The molecule has 4 fully saturated rings. The zero-order chi connectivity index (χ0) is 26.6. The fourth-order valence-corrected chi connectivity index (χ4v) is 6.24. The molecule has 5 rings (SSSR count). The summed E-state index contributed by atoms with van der Waals surface area (Å²) in [6, 6.07) is 6.39. The Balaban J connectivity index is 1.30. The highest BCUT2D eigenvalue weighted by atomic mass is 19.1. The number of rotatable bonds is 6. The summed E-state index contributed by atoms with van der Waals surface area (Å²) in [5.74, 6) is -0.301. The summed E-state index contributed by atoms with van der Waals surface area (Å²) in [5, 5.41) is 12.3. The Bertz CT molecular complexity index is 1130. The Morgan fingerprint density at radius 3 is 2.54 bits per heavy atom. The zero-order valence-electron chi connectivity index (χ0n) is 21.7. The van der Waals surface area contributed by atoms with Crippen LogP contribution in [0, 0.1) is 23.1 Å². The summed E-state index contributed by atoms with van der Waals surface area (Å²) in [6.45, 7) is 7.91. The Labute approximate surface area is 216 Å². The van der Waals surface area contributed by atoms with Gasteiger partial charge in [0.05, 0.1) is 18.2 Å². The molecule has 2 bridgehead atoms. The fourth-order valence-electron chi connectivity index (χ4n) is 6.24. The third kappa shape index (κ3) is 4.89. The van der Waals surface area contributed by atoms with E-state index in [1.54, 1.807) is 37.8 Å². The van der Waals surface area contributed by atoms with E-state index >= 15 is 0 Å². The second-order valence-corrected chi connectivity index (χ2v) is 11.7. The molecule has 0 spiro atoms. The lowest BCUT2D eigenvalue weighted by molar-refractivity contribution is -0.141. The summed E-state index contributed by atoms with van der Waals surface area (Å²) < 4.78 is 18.8. The molecule has 0 radical (unpaired) electrons. The minimum absolute atomic E-state index is 0.0325. The van der Waals surface area contributed by atoms with E-state index in [0.717, 1.165) is 12.0 Å². The van der Waals surface area contributed by atoms with Crippen LogP contribution in [0.2, 0.25) is 0 Å². The van der Waals surface area contributed by atoms with Gasteiger partial charge in [-0.15, -0.1) is 0 Å². The number of ether oxygens (including phenoxy) is 1. The van der Waals surface area contributed by atoms with Crippen molar-refractivity contribution in [2.75, 3.05) is 13.1 Å². The monoisotopic (exact) mass is 511 g/mol. The number of nitrogens with one attached hydrogen (secondary N) is 1. The molecule has 3 saturated heterocycles. The number of alkyl carbamates (subject to hydrolysis) is 1. The summed E-state index contributed by atoms with van der Waals surface area (Å²) in [7, 11) is 0. The number of amides is 3. The van der Waals surface area contributed by atoms with Crippen molar-refractivity contribution in [2.24, 2.45) is 5.92 Å². The van der Waals surface area contributed by atoms with Gasteiger partial charge < -0.3 is 19.9 Å². The molecule has 3 heterocycles. The molecule has 0 aromatic heterocycles. The van der Waals surface area contributed by atoms with Crippen molar-refractivity contribution in [2.45, 2.75) is 88.8 Å². The average molecular weight is 512 g/mol. The van der Waals surface area contributed by atoms with Crippen LogP contribution >= 0.6 is 0 Å². The summed E-state index contributed by atoms with van der Waals surface area (Å²) in [6.07, 6.45) is 1.47. The number of halogens is 1. The first kappa shape index (κ1) is 25.5. The summed E-state index contributed by atoms with van der Waals surface area (Å²) in [5.41, 5.74) is 0.131. The molecule has 0 unspecified atom stereocenters. The van der Waals surface area contributed by atoms with Crippen LogP contribution in [-0.2, 0) is 14.3 Å². The lowest BCUT2D eigenvalue weighted by atomic mass is 10.1. The molecule has 1 N–H and O–H groups in total. The number of nitrogens with zero attached hydrogens (tertiary/aromatic N) is 4. The number of hydrogen-bond acceptors (Lipinski definition) is 6. The average Bonchev–Trinajstić information content (AvgIpc) is 3.15. The zero-order valence-corrected chi connectivity index (χ0v) is 21.7. The molecule has 7 atom stereocenters. The normalized spacial score (nSPS) is 30.1. The molecular weight excluding hydrogens is 477 g/mol. The first-order valence-electron chi connectivity index (χ1n) is 13.0. The second-order valence-electron chi connectivity index (χ2n) is 11.7. The molecule has 3 amide bonds. The molecule has 198 valence electrons. The number of nitriles is 1. The topological polar surface area (TPSA) is 106 Å². The third-order valence-corrected chi connectivity index (χ3v) is 8.00. The smallest absolute Gasteiger partial charge is 0.408 e. The Hall–Kier alpha value is -3.19. The minimum Gasteiger partial charge on any atom is -0.444 e. The molecule has 1 aromatic carbocycles. The van der Waals surface area contributed by atoms with E-state index in [0.29, 0.717) is 25.3 Å². The summed E-state index contributed by atoms with van der Waals surface area (Å²) >= 11 is 0. The number of hydrogen-bond donors (Lipinski definition) is 1. The van der Waals surface area contributed by atoms with Crippen molar-refractivity contribution in [1.82, 2.24) is 20.0 Å². The fraction of sp³-hybridized carbons (Fsp3) is 0.630. The van der Waals surface area contributed by atoms with E-state index in [2.05, 4.69) is 11.4 Å². The lowest BCUT2D eigenvalue weighted by Crippen LogP contribution is -2.59. The van der Waals surface area contributed by atoms with Crippen molar-refractivity contribution in [3.05, 3.63) is 35.6 Å². The van der Waals surface area contributed by atoms with Crippen molar-refractivity contribution >= 4 is 17.9 Å². The molecule has 1 saturated carbocycles. The van der Waals surface area contributed by atoms with Gasteiger partial charge in [-0.3, -0.25) is 14.5 Å². The van der Waals surface area contributed by atoms with Crippen LogP contribution in [-0.4, -0.2) is 81.5 Å². The largest absolute Gasteiger partial charge is 0.444 e. The lowest BCUT2D eigenvalue weighted by Gasteiger charge is -2.39. The van der Waals surface area contributed by atoms with Gasteiger partial charge in [0.15, 0.2) is 0 Å². The maximum atomic E-state index is 13.7. The molecule has 3 aliphatic heterocycles.